The molecule has 0 aromatic carbocycles. The third-order valence-corrected chi connectivity index (χ3v) is 11.5. The largest absolute Gasteiger partial charge is 0.390 e. The number of hydrogen-bond acceptors (Lipinski definition) is 2. The maximum absolute atomic E-state index is 11.3. The van der Waals surface area contributed by atoms with Crippen molar-refractivity contribution in [2.24, 2.45) is 41.4 Å². The first-order chi connectivity index (χ1) is 16.8. The summed E-state index contributed by atoms with van der Waals surface area (Å²) >= 11 is 0. The van der Waals surface area contributed by atoms with E-state index in [9.17, 15) is 5.11 Å². The molecule has 4 saturated carbocycles. The van der Waals surface area contributed by atoms with E-state index in [-0.39, 0.29) is 12.2 Å². The lowest BCUT2D eigenvalue weighted by atomic mass is 9.61. The molecular formula is C32H56O2. The molecule has 4 aliphatic carbocycles. The predicted molar refractivity (Wildman–Crippen MR) is 142 cm³/mol. The summed E-state index contributed by atoms with van der Waals surface area (Å²) in [6.07, 6.45) is 31.6. The lowest BCUT2D eigenvalue weighted by molar-refractivity contribution is -0.128. The molecule has 1 heterocycles. The molecule has 34 heavy (non-hydrogen) atoms. The molecule has 2 heteroatoms. The predicted octanol–water partition coefficient (Wildman–Crippen LogP) is 8.70. The van der Waals surface area contributed by atoms with Crippen molar-refractivity contribution in [3.8, 4) is 0 Å². The monoisotopic (exact) mass is 472 g/mol. The summed E-state index contributed by atoms with van der Waals surface area (Å²) in [6, 6.07) is 0. The lowest BCUT2D eigenvalue weighted by Crippen LogP contribution is -2.43. The van der Waals surface area contributed by atoms with Crippen LogP contribution < -0.4 is 0 Å². The molecule has 5 rings (SSSR count). The van der Waals surface area contributed by atoms with Gasteiger partial charge in [-0.15, -0.1) is 0 Å². The molecule has 5 aliphatic rings. The van der Waals surface area contributed by atoms with Gasteiger partial charge in [0.15, 0.2) is 0 Å². The Bertz CT molecular complexity index is 562. The van der Waals surface area contributed by atoms with Crippen molar-refractivity contribution < 1.29 is 9.84 Å². The van der Waals surface area contributed by atoms with Gasteiger partial charge >= 0.3 is 0 Å². The van der Waals surface area contributed by atoms with Crippen LogP contribution in [0, 0.1) is 41.4 Å². The summed E-state index contributed by atoms with van der Waals surface area (Å²) in [4.78, 5) is 0. The van der Waals surface area contributed by atoms with Crippen LogP contribution in [0.5, 0.6) is 0 Å². The SMILES string of the molecule is OC(CC(C1CCCCC1)C(CC(CC1CCCC1)C1CCCC1)C1CCCCC1)C1CCO1. The van der Waals surface area contributed by atoms with Gasteiger partial charge in [-0.1, -0.05) is 116 Å². The second-order valence-corrected chi connectivity index (χ2v) is 13.6. The highest BCUT2D eigenvalue weighted by atomic mass is 16.5. The zero-order valence-electron chi connectivity index (χ0n) is 22.3. The van der Waals surface area contributed by atoms with Crippen LogP contribution in [0.15, 0.2) is 0 Å². The van der Waals surface area contributed by atoms with Gasteiger partial charge in [-0.25, -0.2) is 0 Å². The van der Waals surface area contributed by atoms with Crippen LogP contribution in [0.3, 0.4) is 0 Å². The van der Waals surface area contributed by atoms with Crippen molar-refractivity contribution in [1.29, 1.82) is 0 Å². The second-order valence-electron chi connectivity index (χ2n) is 13.6. The van der Waals surface area contributed by atoms with Crippen molar-refractivity contribution >= 4 is 0 Å². The van der Waals surface area contributed by atoms with Crippen molar-refractivity contribution in [3.05, 3.63) is 0 Å². The molecular weight excluding hydrogens is 416 g/mol. The number of hydrogen-bond donors (Lipinski definition) is 1. The van der Waals surface area contributed by atoms with E-state index in [0.717, 1.165) is 60.9 Å². The first-order valence-electron chi connectivity index (χ1n) is 16.1. The average molecular weight is 473 g/mol. The molecule has 1 saturated heterocycles. The van der Waals surface area contributed by atoms with E-state index < -0.39 is 0 Å². The Morgan fingerprint density at radius 2 is 1.03 bits per heavy atom. The van der Waals surface area contributed by atoms with Crippen LogP contribution >= 0.6 is 0 Å². The highest BCUT2D eigenvalue weighted by Crippen LogP contribution is 2.50. The van der Waals surface area contributed by atoms with E-state index >= 15 is 0 Å². The van der Waals surface area contributed by atoms with E-state index in [1.54, 1.807) is 6.42 Å². The summed E-state index contributed by atoms with van der Waals surface area (Å²) in [5.41, 5.74) is 0. The maximum Gasteiger partial charge on any atom is 0.0855 e. The Kier molecular flexibility index (Phi) is 9.73. The Labute approximate surface area is 211 Å². The zero-order valence-corrected chi connectivity index (χ0v) is 22.3. The quantitative estimate of drug-likeness (QED) is 0.326. The summed E-state index contributed by atoms with van der Waals surface area (Å²) in [5.74, 6) is 6.42. The molecule has 196 valence electrons. The van der Waals surface area contributed by atoms with Gasteiger partial charge in [0.2, 0.25) is 0 Å². The fourth-order valence-electron chi connectivity index (χ4n) is 9.48. The number of aliphatic hydroxyl groups is 1. The topological polar surface area (TPSA) is 29.5 Å². The van der Waals surface area contributed by atoms with Gasteiger partial charge in [-0.05, 0) is 67.1 Å². The van der Waals surface area contributed by atoms with E-state index in [1.807, 2.05) is 0 Å². The molecule has 0 aromatic heterocycles. The molecule has 0 radical (unpaired) electrons. The standard InChI is InChI=1S/C32H56O2/c33-31(32-19-20-34-32)23-30(27-17-5-2-6-18-27)29(26-15-3-1-4-16-26)22-28(25-13-9-10-14-25)21-24-11-7-8-12-24/h24-33H,1-23H2. The molecule has 0 spiro atoms. The van der Waals surface area contributed by atoms with Crippen LogP contribution in [0.25, 0.3) is 0 Å². The number of aliphatic hydroxyl groups excluding tert-OH is 1. The van der Waals surface area contributed by atoms with Gasteiger partial charge in [-0.3, -0.25) is 0 Å². The maximum atomic E-state index is 11.3. The fourth-order valence-corrected chi connectivity index (χ4v) is 9.48. The zero-order chi connectivity index (χ0) is 23.2. The number of ether oxygens (including phenoxy) is 1. The van der Waals surface area contributed by atoms with Gasteiger partial charge in [0.05, 0.1) is 12.2 Å². The van der Waals surface area contributed by atoms with Crippen molar-refractivity contribution in [2.45, 2.75) is 153 Å². The minimum Gasteiger partial charge on any atom is -0.390 e. The minimum atomic E-state index is -0.216. The van der Waals surface area contributed by atoms with Gasteiger partial charge in [0.25, 0.3) is 0 Å². The van der Waals surface area contributed by atoms with Crippen molar-refractivity contribution in [3.63, 3.8) is 0 Å². The smallest absolute Gasteiger partial charge is 0.0855 e. The summed E-state index contributed by atoms with van der Waals surface area (Å²) in [7, 11) is 0. The number of rotatable bonds is 11. The van der Waals surface area contributed by atoms with Gasteiger partial charge in [-0.2, -0.15) is 0 Å². The summed E-state index contributed by atoms with van der Waals surface area (Å²) < 4.78 is 5.81. The fraction of sp³-hybridized carbons (Fsp3) is 1.00. The normalized spacial score (nSPS) is 31.9. The highest BCUT2D eigenvalue weighted by molar-refractivity contribution is 4.92. The van der Waals surface area contributed by atoms with Crippen LogP contribution in [0.2, 0.25) is 0 Å². The average Bonchev–Trinajstić information content (AvgIpc) is 3.55. The third kappa shape index (κ3) is 6.62. The van der Waals surface area contributed by atoms with Gasteiger partial charge in [0, 0.05) is 6.61 Å². The first-order valence-corrected chi connectivity index (χ1v) is 16.1. The molecule has 0 bridgehead atoms. The molecule has 5 fully saturated rings. The lowest BCUT2D eigenvalue weighted by Gasteiger charge is -2.45. The van der Waals surface area contributed by atoms with Gasteiger partial charge < -0.3 is 9.84 Å². The summed E-state index contributed by atoms with van der Waals surface area (Å²) in [5, 5.41) is 11.3. The Hall–Kier alpha value is -0.0800. The Morgan fingerprint density at radius 3 is 1.56 bits per heavy atom. The Balaban J connectivity index is 1.37. The second kappa shape index (κ2) is 12.9. The molecule has 1 N–H and O–H groups in total. The van der Waals surface area contributed by atoms with Crippen molar-refractivity contribution in [2.75, 3.05) is 6.61 Å². The molecule has 5 unspecified atom stereocenters. The minimum absolute atomic E-state index is 0.141. The molecule has 1 aliphatic heterocycles. The van der Waals surface area contributed by atoms with E-state index in [0.29, 0.717) is 0 Å². The van der Waals surface area contributed by atoms with Gasteiger partial charge in [0.1, 0.15) is 0 Å². The van der Waals surface area contributed by atoms with Crippen LogP contribution in [0.4, 0.5) is 0 Å². The van der Waals surface area contributed by atoms with Crippen LogP contribution in [-0.4, -0.2) is 23.9 Å². The van der Waals surface area contributed by atoms with Crippen LogP contribution in [-0.2, 0) is 4.74 Å². The third-order valence-electron chi connectivity index (χ3n) is 11.5. The first kappa shape index (κ1) is 25.6. The molecule has 0 aromatic rings. The molecule has 2 nitrogen and oxygen atoms in total. The summed E-state index contributed by atoms with van der Waals surface area (Å²) in [6.45, 7) is 0.868. The molecule has 5 atom stereocenters. The van der Waals surface area contributed by atoms with E-state index in [4.69, 9.17) is 4.74 Å². The molecule has 0 amide bonds. The van der Waals surface area contributed by atoms with E-state index in [2.05, 4.69) is 0 Å². The van der Waals surface area contributed by atoms with Crippen molar-refractivity contribution in [1.82, 2.24) is 0 Å². The van der Waals surface area contributed by atoms with Crippen LogP contribution in [0.1, 0.15) is 141 Å². The van der Waals surface area contributed by atoms with E-state index in [1.165, 1.54) is 122 Å². The Morgan fingerprint density at radius 1 is 0.559 bits per heavy atom. The highest BCUT2D eigenvalue weighted by Gasteiger charge is 2.41.